The molecule has 132 valence electrons. The molecule has 0 heterocycles. The lowest BCUT2D eigenvalue weighted by molar-refractivity contribution is 0.0977. The Balaban J connectivity index is 2.01. The number of hydrogen-bond acceptors (Lipinski definition) is 4. The standard InChI is InChI=1S/C17H16BrClN2O3S/c1-3-24-15-6-4-10(8-13(15)19)16(22)21-17(25)20-11-5-7-14(23-2)12(18)9-11/h4-9H,3H2,1-2H3,(H2,20,21,22,25). The lowest BCUT2D eigenvalue weighted by Crippen LogP contribution is -2.34. The summed E-state index contributed by atoms with van der Waals surface area (Å²) in [6.07, 6.45) is 0. The van der Waals surface area contributed by atoms with Crippen molar-refractivity contribution in [2.75, 3.05) is 19.0 Å². The maximum absolute atomic E-state index is 12.3. The minimum atomic E-state index is -0.366. The first-order valence-electron chi connectivity index (χ1n) is 7.32. The third-order valence-electron chi connectivity index (χ3n) is 3.13. The van der Waals surface area contributed by atoms with Gasteiger partial charge in [-0.3, -0.25) is 10.1 Å². The smallest absolute Gasteiger partial charge is 0.257 e. The second kappa shape index (κ2) is 9.03. The van der Waals surface area contributed by atoms with Crippen molar-refractivity contribution in [1.82, 2.24) is 5.32 Å². The van der Waals surface area contributed by atoms with E-state index >= 15 is 0 Å². The summed E-state index contributed by atoms with van der Waals surface area (Å²) in [4.78, 5) is 12.3. The topological polar surface area (TPSA) is 59.6 Å². The zero-order chi connectivity index (χ0) is 18.4. The summed E-state index contributed by atoms with van der Waals surface area (Å²) < 4.78 is 11.3. The van der Waals surface area contributed by atoms with E-state index < -0.39 is 0 Å². The van der Waals surface area contributed by atoms with Gasteiger partial charge in [0, 0.05) is 11.3 Å². The number of anilines is 1. The molecule has 1 amide bonds. The molecule has 25 heavy (non-hydrogen) atoms. The number of halogens is 2. The van der Waals surface area contributed by atoms with Crippen LogP contribution in [-0.4, -0.2) is 24.7 Å². The van der Waals surface area contributed by atoms with E-state index in [1.54, 1.807) is 37.4 Å². The van der Waals surface area contributed by atoms with Crippen LogP contribution in [0.5, 0.6) is 11.5 Å². The molecule has 0 aromatic heterocycles. The van der Waals surface area contributed by atoms with Crippen LogP contribution in [-0.2, 0) is 0 Å². The summed E-state index contributed by atoms with van der Waals surface area (Å²) in [5.41, 5.74) is 1.09. The van der Waals surface area contributed by atoms with Crippen LogP contribution in [0, 0.1) is 0 Å². The van der Waals surface area contributed by atoms with Gasteiger partial charge in [-0.15, -0.1) is 0 Å². The molecule has 0 radical (unpaired) electrons. The van der Waals surface area contributed by atoms with Gasteiger partial charge in [0.05, 0.1) is 23.2 Å². The molecule has 2 rings (SSSR count). The molecular formula is C17H16BrClN2O3S. The highest BCUT2D eigenvalue weighted by molar-refractivity contribution is 9.10. The van der Waals surface area contributed by atoms with Crippen molar-refractivity contribution in [3.05, 3.63) is 51.5 Å². The third-order valence-corrected chi connectivity index (χ3v) is 4.25. The van der Waals surface area contributed by atoms with E-state index in [4.69, 9.17) is 33.3 Å². The molecule has 0 spiro atoms. The van der Waals surface area contributed by atoms with Crippen molar-refractivity contribution in [2.24, 2.45) is 0 Å². The van der Waals surface area contributed by atoms with Crippen LogP contribution in [0.3, 0.4) is 0 Å². The summed E-state index contributed by atoms with van der Waals surface area (Å²) in [6, 6.07) is 10.2. The Kier molecular flexibility index (Phi) is 7.04. The first-order chi connectivity index (χ1) is 11.9. The number of nitrogens with one attached hydrogen (secondary N) is 2. The number of carbonyl (C=O) groups excluding carboxylic acids is 1. The number of hydrogen-bond donors (Lipinski definition) is 2. The number of thiocarbonyl (C=S) groups is 1. The average molecular weight is 444 g/mol. The van der Waals surface area contributed by atoms with Gasteiger partial charge in [-0.25, -0.2) is 0 Å². The van der Waals surface area contributed by atoms with E-state index in [2.05, 4.69) is 26.6 Å². The molecular weight excluding hydrogens is 428 g/mol. The lowest BCUT2D eigenvalue weighted by Gasteiger charge is -2.12. The molecule has 0 fully saturated rings. The molecule has 0 aliphatic rings. The summed E-state index contributed by atoms with van der Waals surface area (Å²) >= 11 is 14.7. The van der Waals surface area contributed by atoms with Gasteiger partial charge >= 0.3 is 0 Å². The monoisotopic (exact) mass is 442 g/mol. The van der Waals surface area contributed by atoms with E-state index in [9.17, 15) is 4.79 Å². The van der Waals surface area contributed by atoms with Gasteiger partial charge in [-0.2, -0.15) is 0 Å². The number of methoxy groups -OCH3 is 1. The van der Waals surface area contributed by atoms with Gasteiger partial charge in [0.2, 0.25) is 0 Å². The number of benzene rings is 2. The second-order valence-electron chi connectivity index (χ2n) is 4.84. The molecule has 0 unspecified atom stereocenters. The molecule has 0 saturated heterocycles. The molecule has 2 N–H and O–H groups in total. The lowest BCUT2D eigenvalue weighted by atomic mass is 10.2. The van der Waals surface area contributed by atoms with E-state index in [-0.39, 0.29) is 11.0 Å². The highest BCUT2D eigenvalue weighted by Crippen LogP contribution is 2.28. The molecule has 0 bridgehead atoms. The Hall–Kier alpha value is -1.83. The van der Waals surface area contributed by atoms with Gasteiger partial charge in [0.1, 0.15) is 11.5 Å². The van der Waals surface area contributed by atoms with Crippen LogP contribution >= 0.6 is 39.7 Å². The Morgan fingerprint density at radius 2 is 1.96 bits per heavy atom. The zero-order valence-electron chi connectivity index (χ0n) is 13.6. The summed E-state index contributed by atoms with van der Waals surface area (Å²) in [7, 11) is 1.58. The van der Waals surface area contributed by atoms with Crippen LogP contribution in [0.4, 0.5) is 5.69 Å². The Labute approximate surface area is 164 Å². The van der Waals surface area contributed by atoms with Gasteiger partial charge in [0.15, 0.2) is 5.11 Å². The summed E-state index contributed by atoms with van der Waals surface area (Å²) in [6.45, 7) is 2.36. The Bertz CT molecular complexity index is 801. The normalized spacial score (nSPS) is 10.1. The molecule has 5 nitrogen and oxygen atoms in total. The highest BCUT2D eigenvalue weighted by Gasteiger charge is 2.11. The van der Waals surface area contributed by atoms with Crippen molar-refractivity contribution in [3.8, 4) is 11.5 Å². The fraction of sp³-hybridized carbons (Fsp3) is 0.176. The van der Waals surface area contributed by atoms with Crippen LogP contribution in [0.15, 0.2) is 40.9 Å². The maximum Gasteiger partial charge on any atom is 0.257 e. The van der Waals surface area contributed by atoms with Gasteiger partial charge < -0.3 is 14.8 Å². The van der Waals surface area contributed by atoms with Crippen molar-refractivity contribution in [1.29, 1.82) is 0 Å². The molecule has 0 aliphatic heterocycles. The third kappa shape index (κ3) is 5.32. The average Bonchev–Trinajstić information content (AvgIpc) is 2.57. The van der Waals surface area contributed by atoms with Crippen molar-refractivity contribution in [2.45, 2.75) is 6.92 Å². The first-order valence-corrected chi connectivity index (χ1v) is 8.90. The van der Waals surface area contributed by atoms with Crippen molar-refractivity contribution < 1.29 is 14.3 Å². The van der Waals surface area contributed by atoms with Crippen LogP contribution in [0.2, 0.25) is 5.02 Å². The quantitative estimate of drug-likeness (QED) is 0.660. The molecule has 2 aromatic rings. The van der Waals surface area contributed by atoms with E-state index in [0.29, 0.717) is 34.4 Å². The largest absolute Gasteiger partial charge is 0.496 e. The minimum Gasteiger partial charge on any atom is -0.496 e. The second-order valence-corrected chi connectivity index (χ2v) is 6.51. The fourth-order valence-corrected chi connectivity index (χ4v) is 2.98. The van der Waals surface area contributed by atoms with E-state index in [0.717, 1.165) is 4.47 Å². The van der Waals surface area contributed by atoms with Crippen LogP contribution in [0.25, 0.3) is 0 Å². The number of amides is 1. The first kappa shape index (κ1) is 19.5. The summed E-state index contributed by atoms with van der Waals surface area (Å²) in [5, 5.41) is 6.09. The zero-order valence-corrected chi connectivity index (χ0v) is 16.7. The van der Waals surface area contributed by atoms with Crippen molar-refractivity contribution >= 4 is 56.5 Å². The minimum absolute atomic E-state index is 0.173. The predicted octanol–water partition coefficient (Wildman–Crippen LogP) is 4.64. The molecule has 8 heteroatoms. The van der Waals surface area contributed by atoms with E-state index in [1.807, 2.05) is 6.92 Å². The van der Waals surface area contributed by atoms with Crippen molar-refractivity contribution in [3.63, 3.8) is 0 Å². The van der Waals surface area contributed by atoms with Gasteiger partial charge in [0.25, 0.3) is 5.91 Å². The molecule has 0 saturated carbocycles. The maximum atomic E-state index is 12.3. The van der Waals surface area contributed by atoms with Gasteiger partial charge in [-0.1, -0.05) is 11.6 Å². The predicted molar refractivity (Wildman–Crippen MR) is 107 cm³/mol. The molecule has 0 atom stereocenters. The fourth-order valence-electron chi connectivity index (χ4n) is 2.00. The number of rotatable bonds is 5. The molecule has 2 aromatic carbocycles. The van der Waals surface area contributed by atoms with E-state index in [1.165, 1.54) is 6.07 Å². The van der Waals surface area contributed by atoms with Crippen LogP contribution < -0.4 is 20.1 Å². The molecule has 0 aliphatic carbocycles. The highest BCUT2D eigenvalue weighted by atomic mass is 79.9. The van der Waals surface area contributed by atoms with Crippen LogP contribution in [0.1, 0.15) is 17.3 Å². The Morgan fingerprint density at radius 1 is 1.24 bits per heavy atom. The number of carbonyl (C=O) groups is 1. The van der Waals surface area contributed by atoms with Gasteiger partial charge in [-0.05, 0) is 71.5 Å². The SMILES string of the molecule is CCOc1ccc(C(=O)NC(=S)Nc2ccc(OC)c(Br)c2)cc1Cl. The Morgan fingerprint density at radius 3 is 2.56 bits per heavy atom. The number of ether oxygens (including phenoxy) is 2. The summed E-state index contributed by atoms with van der Waals surface area (Å²) in [5.74, 6) is 0.865.